The molecular formula is C36H34N2+2. The van der Waals surface area contributed by atoms with Gasteiger partial charge in [0.2, 0.25) is 11.4 Å². The Morgan fingerprint density at radius 3 is 2.24 bits per heavy atom. The Balaban J connectivity index is 1.33. The lowest BCUT2D eigenvalue weighted by Gasteiger charge is -2.29. The number of aromatic nitrogens is 2. The molecule has 3 heterocycles. The van der Waals surface area contributed by atoms with Crippen molar-refractivity contribution in [3.05, 3.63) is 145 Å². The summed E-state index contributed by atoms with van der Waals surface area (Å²) in [5, 5.41) is 0. The number of pyridine rings is 2. The highest BCUT2D eigenvalue weighted by molar-refractivity contribution is 5.69. The lowest BCUT2D eigenvalue weighted by Crippen LogP contribution is -2.46. The first-order valence-electron chi connectivity index (χ1n) is 13.5. The highest BCUT2D eigenvalue weighted by atomic mass is 15.0. The number of benzene rings is 3. The maximum absolute atomic E-state index is 4.25. The van der Waals surface area contributed by atoms with E-state index in [9.17, 15) is 0 Å². The van der Waals surface area contributed by atoms with Crippen molar-refractivity contribution in [2.45, 2.75) is 31.7 Å². The van der Waals surface area contributed by atoms with Crippen molar-refractivity contribution in [1.29, 1.82) is 0 Å². The third kappa shape index (κ3) is 4.26. The zero-order chi connectivity index (χ0) is 26.1. The standard InChI is InChI=1S/C36H34N2/c1-4-34-33(31-17-9-10-18-32(31)36-19-11-12-24-38(34)36)22-20-27-14-6-8-16-30(27)35-23-21-28(25-37(35)3)29-15-7-5-13-26(29)2/h4-19,21,23-25,33-34H,1,20,22H2,2-3H3/q+2. The average Bonchev–Trinajstić information content (AvgIpc) is 2.96. The molecule has 0 fully saturated rings. The lowest BCUT2D eigenvalue weighted by atomic mass is 9.79. The Bertz CT molecular complexity index is 1630. The molecule has 2 atom stereocenters. The zero-order valence-corrected chi connectivity index (χ0v) is 22.2. The Morgan fingerprint density at radius 2 is 1.45 bits per heavy atom. The second kappa shape index (κ2) is 10.2. The fraction of sp³-hybridized carbons (Fsp3) is 0.167. The Kier molecular flexibility index (Phi) is 6.47. The molecule has 6 rings (SSSR count). The summed E-state index contributed by atoms with van der Waals surface area (Å²) in [7, 11) is 2.16. The Labute approximate surface area is 226 Å². The van der Waals surface area contributed by atoms with E-state index < -0.39 is 0 Å². The molecule has 186 valence electrons. The first kappa shape index (κ1) is 24.1. The van der Waals surface area contributed by atoms with Crippen LogP contribution < -0.4 is 9.13 Å². The minimum Gasteiger partial charge on any atom is -0.200 e. The molecule has 38 heavy (non-hydrogen) atoms. The molecule has 2 heteroatoms. The number of hydrogen-bond donors (Lipinski definition) is 0. The first-order valence-corrected chi connectivity index (χ1v) is 13.5. The smallest absolute Gasteiger partial charge is 0.200 e. The fourth-order valence-corrected chi connectivity index (χ4v) is 6.22. The van der Waals surface area contributed by atoms with Crippen LogP contribution in [0.2, 0.25) is 0 Å². The molecule has 0 aliphatic carbocycles. The van der Waals surface area contributed by atoms with Crippen molar-refractivity contribution in [1.82, 2.24) is 0 Å². The van der Waals surface area contributed by atoms with Crippen LogP contribution in [0, 0.1) is 6.92 Å². The molecule has 1 aliphatic rings. The first-order chi connectivity index (χ1) is 18.7. The number of rotatable bonds is 6. The van der Waals surface area contributed by atoms with Crippen molar-refractivity contribution in [2.75, 3.05) is 0 Å². The summed E-state index contributed by atoms with van der Waals surface area (Å²) in [6, 6.07) is 37.6. The van der Waals surface area contributed by atoms with E-state index in [0.717, 1.165) is 12.8 Å². The third-order valence-corrected chi connectivity index (χ3v) is 8.11. The van der Waals surface area contributed by atoms with Crippen molar-refractivity contribution < 1.29 is 9.13 Å². The molecule has 0 N–H and O–H groups in total. The molecule has 2 nitrogen and oxygen atoms in total. The van der Waals surface area contributed by atoms with Crippen LogP contribution in [0.1, 0.15) is 35.1 Å². The van der Waals surface area contributed by atoms with Crippen LogP contribution in [-0.2, 0) is 13.5 Å². The predicted molar refractivity (Wildman–Crippen MR) is 156 cm³/mol. The van der Waals surface area contributed by atoms with E-state index in [2.05, 4.69) is 151 Å². The van der Waals surface area contributed by atoms with Gasteiger partial charge in [0.1, 0.15) is 7.05 Å². The van der Waals surface area contributed by atoms with Crippen molar-refractivity contribution in [3.8, 4) is 33.6 Å². The van der Waals surface area contributed by atoms with Crippen LogP contribution in [0.25, 0.3) is 33.6 Å². The van der Waals surface area contributed by atoms with E-state index >= 15 is 0 Å². The molecule has 0 saturated carbocycles. The van der Waals surface area contributed by atoms with E-state index in [1.165, 1.54) is 50.3 Å². The maximum Gasteiger partial charge on any atom is 0.213 e. The van der Waals surface area contributed by atoms with Crippen LogP contribution in [0.3, 0.4) is 0 Å². The van der Waals surface area contributed by atoms with Gasteiger partial charge in [0, 0.05) is 34.9 Å². The summed E-state index contributed by atoms with van der Waals surface area (Å²) in [6.07, 6.45) is 8.64. The molecule has 3 aromatic carbocycles. The SMILES string of the molecule is C=CC1C(CCc2ccccc2-c2ccc(-c3ccccc3C)c[n+]2C)c2ccccc2-c2cccc[n+]21. The highest BCUT2D eigenvalue weighted by Gasteiger charge is 2.37. The number of aryl methyl sites for hydroxylation is 3. The van der Waals surface area contributed by atoms with Gasteiger partial charge in [-0.15, -0.1) is 0 Å². The highest BCUT2D eigenvalue weighted by Crippen LogP contribution is 2.41. The van der Waals surface area contributed by atoms with E-state index in [0.29, 0.717) is 5.92 Å². The van der Waals surface area contributed by atoms with Crippen LogP contribution >= 0.6 is 0 Å². The Hall–Kier alpha value is -4.30. The van der Waals surface area contributed by atoms with E-state index in [4.69, 9.17) is 0 Å². The number of fused-ring (bicyclic) bond motifs is 3. The van der Waals surface area contributed by atoms with Gasteiger partial charge in [0.15, 0.2) is 18.4 Å². The second-order valence-electron chi connectivity index (χ2n) is 10.3. The molecule has 5 aromatic rings. The van der Waals surface area contributed by atoms with Gasteiger partial charge >= 0.3 is 0 Å². The molecule has 2 aromatic heterocycles. The maximum atomic E-state index is 4.25. The largest absolute Gasteiger partial charge is 0.213 e. The van der Waals surface area contributed by atoms with Crippen molar-refractivity contribution in [2.24, 2.45) is 7.05 Å². The third-order valence-electron chi connectivity index (χ3n) is 8.11. The van der Waals surface area contributed by atoms with Crippen molar-refractivity contribution >= 4 is 0 Å². The second-order valence-corrected chi connectivity index (χ2v) is 10.3. The average molecular weight is 495 g/mol. The van der Waals surface area contributed by atoms with Crippen LogP contribution in [-0.4, -0.2) is 0 Å². The fourth-order valence-electron chi connectivity index (χ4n) is 6.22. The molecule has 2 unspecified atom stereocenters. The molecule has 0 amide bonds. The summed E-state index contributed by atoms with van der Waals surface area (Å²) in [5.41, 5.74) is 11.8. The van der Waals surface area contributed by atoms with Gasteiger partial charge in [0.25, 0.3) is 0 Å². The quantitative estimate of drug-likeness (QED) is 0.170. The van der Waals surface area contributed by atoms with Gasteiger partial charge in [-0.25, -0.2) is 4.57 Å². The van der Waals surface area contributed by atoms with Gasteiger partial charge in [0.05, 0.1) is 5.92 Å². The summed E-state index contributed by atoms with van der Waals surface area (Å²) in [4.78, 5) is 0. The van der Waals surface area contributed by atoms with Crippen molar-refractivity contribution in [3.63, 3.8) is 0 Å². The monoisotopic (exact) mass is 494 g/mol. The van der Waals surface area contributed by atoms with Gasteiger partial charge in [-0.1, -0.05) is 67.2 Å². The lowest BCUT2D eigenvalue weighted by molar-refractivity contribution is -0.707. The summed E-state index contributed by atoms with van der Waals surface area (Å²) < 4.78 is 4.67. The van der Waals surface area contributed by atoms with Gasteiger partial charge in [-0.05, 0) is 72.4 Å². The van der Waals surface area contributed by atoms with Crippen LogP contribution in [0.4, 0.5) is 0 Å². The van der Waals surface area contributed by atoms with E-state index in [1.807, 2.05) is 0 Å². The number of nitrogens with zero attached hydrogens (tertiary/aromatic N) is 2. The molecule has 0 saturated heterocycles. The van der Waals surface area contributed by atoms with Crippen LogP contribution in [0.5, 0.6) is 0 Å². The zero-order valence-electron chi connectivity index (χ0n) is 22.2. The molecule has 0 spiro atoms. The van der Waals surface area contributed by atoms with E-state index in [1.54, 1.807) is 0 Å². The minimum absolute atomic E-state index is 0.234. The van der Waals surface area contributed by atoms with Gasteiger partial charge in [-0.3, -0.25) is 0 Å². The minimum atomic E-state index is 0.234. The summed E-state index contributed by atoms with van der Waals surface area (Å²) in [5.74, 6) is 0.369. The number of hydrogen-bond acceptors (Lipinski definition) is 0. The topological polar surface area (TPSA) is 7.76 Å². The number of allylic oxidation sites excluding steroid dienone is 1. The molecule has 0 bridgehead atoms. The molecule has 1 aliphatic heterocycles. The van der Waals surface area contributed by atoms with Gasteiger partial charge in [-0.2, -0.15) is 4.57 Å². The summed E-state index contributed by atoms with van der Waals surface area (Å²) in [6.45, 7) is 6.43. The predicted octanol–water partition coefficient (Wildman–Crippen LogP) is 7.57. The molecule has 0 radical (unpaired) electrons. The normalized spacial score (nSPS) is 15.9. The summed E-state index contributed by atoms with van der Waals surface area (Å²) >= 11 is 0. The van der Waals surface area contributed by atoms with E-state index in [-0.39, 0.29) is 6.04 Å². The molecular weight excluding hydrogens is 460 g/mol. The Morgan fingerprint density at radius 1 is 0.737 bits per heavy atom. The van der Waals surface area contributed by atoms with Gasteiger partial charge < -0.3 is 0 Å². The van der Waals surface area contributed by atoms with Crippen LogP contribution in [0.15, 0.2) is 128 Å².